The third-order valence-electron chi connectivity index (χ3n) is 4.80. The van der Waals surface area contributed by atoms with E-state index in [1.165, 1.54) is 6.07 Å². The van der Waals surface area contributed by atoms with Gasteiger partial charge in [-0.25, -0.2) is 9.37 Å². The van der Waals surface area contributed by atoms with Crippen molar-refractivity contribution in [3.05, 3.63) is 60.3 Å². The van der Waals surface area contributed by atoms with Crippen LogP contribution in [0.3, 0.4) is 0 Å². The van der Waals surface area contributed by atoms with Gasteiger partial charge in [0.15, 0.2) is 5.65 Å². The normalized spacial score (nSPS) is 11.2. The van der Waals surface area contributed by atoms with E-state index < -0.39 is 0 Å². The quantitative estimate of drug-likeness (QED) is 0.390. The molecular formula is C23H20FN5S. The van der Waals surface area contributed by atoms with E-state index in [-0.39, 0.29) is 5.82 Å². The molecule has 0 unspecified atom stereocenters. The first-order valence-corrected chi connectivity index (χ1v) is 10.6. The van der Waals surface area contributed by atoms with Crippen molar-refractivity contribution < 1.29 is 4.39 Å². The standard InChI is InChI=1S/C23H20FN5S/c1-4-29-13-26-22-20(12-27-28-23(22)29)15-5-8-21(24)19(10-15)18-7-6-17(30-14(2)3)9-16(18)11-25/h5-10,12-14H,4H2,1-3H3. The minimum Gasteiger partial charge on any atom is -0.314 e. The van der Waals surface area contributed by atoms with Gasteiger partial charge in [-0.3, -0.25) is 0 Å². The Bertz CT molecular complexity index is 1270. The molecule has 7 heteroatoms. The zero-order valence-corrected chi connectivity index (χ0v) is 17.7. The number of hydrogen-bond donors (Lipinski definition) is 0. The first-order chi connectivity index (χ1) is 14.5. The van der Waals surface area contributed by atoms with Gasteiger partial charge in [0.1, 0.15) is 11.3 Å². The maximum Gasteiger partial charge on any atom is 0.183 e. The highest BCUT2D eigenvalue weighted by Crippen LogP contribution is 2.35. The smallest absolute Gasteiger partial charge is 0.183 e. The molecule has 2 aromatic heterocycles. The minimum absolute atomic E-state index is 0.378. The Kier molecular flexibility index (Phi) is 5.51. The summed E-state index contributed by atoms with van der Waals surface area (Å²) in [6, 6.07) is 12.7. The number of rotatable bonds is 5. The van der Waals surface area contributed by atoms with Crippen LogP contribution in [-0.4, -0.2) is 25.0 Å². The molecule has 150 valence electrons. The number of benzene rings is 2. The summed E-state index contributed by atoms with van der Waals surface area (Å²) in [6.45, 7) is 6.93. The van der Waals surface area contributed by atoms with Crippen molar-refractivity contribution in [2.24, 2.45) is 0 Å². The minimum atomic E-state index is -0.378. The maximum atomic E-state index is 14.8. The van der Waals surface area contributed by atoms with E-state index in [4.69, 9.17) is 0 Å². The molecule has 0 spiro atoms. The van der Waals surface area contributed by atoms with Gasteiger partial charge in [-0.1, -0.05) is 26.0 Å². The van der Waals surface area contributed by atoms with Crippen LogP contribution in [0.25, 0.3) is 33.4 Å². The molecule has 0 atom stereocenters. The SMILES string of the molecule is CCn1cnc2c(-c3ccc(F)c(-c4ccc(SC(C)C)cc4C#N)c3)cnnc21. The molecule has 0 radical (unpaired) electrons. The fourth-order valence-electron chi connectivity index (χ4n) is 3.41. The molecule has 0 N–H and O–H groups in total. The Morgan fingerprint density at radius 3 is 2.70 bits per heavy atom. The van der Waals surface area contributed by atoms with Gasteiger partial charge >= 0.3 is 0 Å². The Balaban J connectivity index is 1.85. The number of nitriles is 1. The van der Waals surface area contributed by atoms with Crippen molar-refractivity contribution in [2.45, 2.75) is 37.5 Å². The van der Waals surface area contributed by atoms with Crippen molar-refractivity contribution in [3.8, 4) is 28.3 Å². The Hall–Kier alpha value is -3.24. The summed E-state index contributed by atoms with van der Waals surface area (Å²) < 4.78 is 16.7. The van der Waals surface area contributed by atoms with Crippen LogP contribution in [0, 0.1) is 17.1 Å². The van der Waals surface area contributed by atoms with Gasteiger partial charge in [0.25, 0.3) is 0 Å². The molecule has 2 aromatic carbocycles. The number of imidazole rings is 1. The number of fused-ring (bicyclic) bond motifs is 1. The van der Waals surface area contributed by atoms with Gasteiger partial charge in [0.2, 0.25) is 0 Å². The molecule has 0 saturated carbocycles. The lowest BCUT2D eigenvalue weighted by Gasteiger charge is -2.11. The summed E-state index contributed by atoms with van der Waals surface area (Å²) in [4.78, 5) is 5.47. The molecule has 4 aromatic rings. The fourth-order valence-corrected chi connectivity index (χ4v) is 4.29. The molecule has 0 aliphatic heterocycles. The van der Waals surface area contributed by atoms with E-state index in [2.05, 4.69) is 35.1 Å². The predicted octanol–water partition coefficient (Wildman–Crippen LogP) is 5.69. The van der Waals surface area contributed by atoms with Crippen LogP contribution in [-0.2, 0) is 6.54 Å². The van der Waals surface area contributed by atoms with Crippen LogP contribution >= 0.6 is 11.8 Å². The van der Waals surface area contributed by atoms with E-state index in [9.17, 15) is 9.65 Å². The zero-order chi connectivity index (χ0) is 21.3. The van der Waals surface area contributed by atoms with Crippen molar-refractivity contribution in [2.75, 3.05) is 0 Å². The van der Waals surface area contributed by atoms with Crippen molar-refractivity contribution >= 4 is 22.9 Å². The third-order valence-corrected chi connectivity index (χ3v) is 5.79. The van der Waals surface area contributed by atoms with Crippen molar-refractivity contribution in [1.82, 2.24) is 19.7 Å². The average molecular weight is 418 g/mol. The molecule has 30 heavy (non-hydrogen) atoms. The van der Waals surface area contributed by atoms with Crippen LogP contribution in [0.15, 0.2) is 53.8 Å². The number of hydrogen-bond acceptors (Lipinski definition) is 5. The van der Waals surface area contributed by atoms with E-state index in [0.29, 0.717) is 33.1 Å². The summed E-state index contributed by atoms with van der Waals surface area (Å²) >= 11 is 1.67. The van der Waals surface area contributed by atoms with Gasteiger partial charge in [-0.15, -0.1) is 16.9 Å². The van der Waals surface area contributed by atoms with Gasteiger partial charge in [0, 0.05) is 33.4 Å². The highest BCUT2D eigenvalue weighted by molar-refractivity contribution is 7.99. The summed E-state index contributed by atoms with van der Waals surface area (Å²) in [5.41, 5.74) is 4.36. The second kappa shape index (κ2) is 8.25. The number of thioether (sulfide) groups is 1. The van der Waals surface area contributed by atoms with Crippen molar-refractivity contribution in [1.29, 1.82) is 5.26 Å². The van der Waals surface area contributed by atoms with Gasteiger partial charge < -0.3 is 4.57 Å². The monoisotopic (exact) mass is 417 g/mol. The second-order valence-electron chi connectivity index (χ2n) is 7.14. The lowest BCUT2D eigenvalue weighted by Crippen LogP contribution is -1.96. The van der Waals surface area contributed by atoms with Crippen LogP contribution in [0.1, 0.15) is 26.3 Å². The summed E-state index contributed by atoms with van der Waals surface area (Å²) in [5.74, 6) is -0.378. The van der Waals surface area contributed by atoms with Gasteiger partial charge in [0.05, 0.1) is 24.2 Å². The fraction of sp³-hybridized carbons (Fsp3) is 0.217. The summed E-state index contributed by atoms with van der Waals surface area (Å²) in [5, 5.41) is 18.4. The molecule has 0 saturated heterocycles. The lowest BCUT2D eigenvalue weighted by atomic mass is 9.96. The van der Waals surface area contributed by atoms with Crippen LogP contribution < -0.4 is 0 Å². The Morgan fingerprint density at radius 2 is 1.97 bits per heavy atom. The molecule has 4 rings (SSSR count). The molecule has 0 amide bonds. The van der Waals surface area contributed by atoms with E-state index in [1.807, 2.05) is 29.7 Å². The first kappa shape index (κ1) is 20.0. The van der Waals surface area contributed by atoms with Crippen molar-refractivity contribution in [3.63, 3.8) is 0 Å². The summed E-state index contributed by atoms with van der Waals surface area (Å²) in [7, 11) is 0. The Labute approximate surface area is 178 Å². The Morgan fingerprint density at radius 1 is 1.13 bits per heavy atom. The largest absolute Gasteiger partial charge is 0.314 e. The summed E-state index contributed by atoms with van der Waals surface area (Å²) in [6.07, 6.45) is 3.37. The molecule has 0 fully saturated rings. The van der Waals surface area contributed by atoms with Crippen LogP contribution in [0.2, 0.25) is 0 Å². The molecule has 0 aliphatic carbocycles. The van der Waals surface area contributed by atoms with Crippen LogP contribution in [0.5, 0.6) is 0 Å². The van der Waals surface area contributed by atoms with E-state index in [0.717, 1.165) is 22.6 Å². The third kappa shape index (κ3) is 3.66. The molecule has 0 bridgehead atoms. The molecule has 5 nitrogen and oxygen atoms in total. The van der Waals surface area contributed by atoms with Gasteiger partial charge in [-0.2, -0.15) is 10.4 Å². The number of halogens is 1. The van der Waals surface area contributed by atoms with Gasteiger partial charge in [-0.05, 0) is 36.8 Å². The number of nitrogens with zero attached hydrogens (tertiary/aromatic N) is 5. The number of aromatic nitrogens is 4. The first-order valence-electron chi connectivity index (χ1n) is 9.69. The maximum absolute atomic E-state index is 14.8. The highest BCUT2D eigenvalue weighted by Gasteiger charge is 2.16. The highest BCUT2D eigenvalue weighted by atomic mass is 32.2. The zero-order valence-electron chi connectivity index (χ0n) is 16.9. The second-order valence-corrected chi connectivity index (χ2v) is 8.79. The van der Waals surface area contributed by atoms with E-state index >= 15 is 0 Å². The molecule has 2 heterocycles. The topological polar surface area (TPSA) is 67.4 Å². The molecule has 0 aliphatic rings. The van der Waals surface area contributed by atoms with Crippen LogP contribution in [0.4, 0.5) is 4.39 Å². The average Bonchev–Trinajstić information content (AvgIpc) is 3.17. The lowest BCUT2D eigenvalue weighted by molar-refractivity contribution is 0.631. The van der Waals surface area contributed by atoms with E-state index in [1.54, 1.807) is 36.4 Å². The number of aryl methyl sites for hydroxylation is 1. The molecular weight excluding hydrogens is 397 g/mol. The predicted molar refractivity (Wildman–Crippen MR) is 118 cm³/mol.